The molecule has 0 radical (unpaired) electrons. The highest BCUT2D eigenvalue weighted by Gasteiger charge is 2.36. The van der Waals surface area contributed by atoms with E-state index in [1.165, 1.54) is 12.1 Å². The van der Waals surface area contributed by atoms with Crippen LogP contribution >= 0.6 is 0 Å². The molecule has 2 aromatic rings. The molecule has 2 fully saturated rings. The van der Waals surface area contributed by atoms with Crippen LogP contribution < -0.4 is 14.7 Å². The molecular formula is C22H26F3N7. The summed E-state index contributed by atoms with van der Waals surface area (Å²) in [5.74, 6) is 1.52. The molecule has 2 saturated heterocycles. The summed E-state index contributed by atoms with van der Waals surface area (Å²) in [6, 6.07) is 7.52. The Labute approximate surface area is 185 Å². The van der Waals surface area contributed by atoms with Gasteiger partial charge in [-0.2, -0.15) is 23.4 Å². The van der Waals surface area contributed by atoms with Gasteiger partial charge in [0.1, 0.15) is 5.82 Å². The number of nitriles is 1. The van der Waals surface area contributed by atoms with Gasteiger partial charge in [-0.3, -0.25) is 0 Å². The number of aryl methyl sites for hydroxylation is 1. The van der Waals surface area contributed by atoms with Crippen molar-refractivity contribution in [2.45, 2.75) is 13.1 Å². The standard InChI is InChI=1S/C22H26F3N7/c1-16-13-20(31-7-5-29(2)6-8-31)28-21(27-16)32-11-9-30(10-12-32)19-4-3-17(15-26)14-18(19)22(23,24)25/h3-4,13-14H,5-12H2,1-2H3. The van der Waals surface area contributed by atoms with E-state index >= 15 is 0 Å². The largest absolute Gasteiger partial charge is 0.418 e. The minimum absolute atomic E-state index is 0.00399. The molecule has 0 amide bonds. The predicted molar refractivity (Wildman–Crippen MR) is 117 cm³/mol. The Morgan fingerprint density at radius 2 is 1.50 bits per heavy atom. The van der Waals surface area contributed by atoms with Crippen LogP contribution in [0.1, 0.15) is 16.8 Å². The normalized spacial score (nSPS) is 18.1. The van der Waals surface area contributed by atoms with E-state index in [0.717, 1.165) is 43.8 Å². The van der Waals surface area contributed by atoms with Crippen LogP contribution in [0.4, 0.5) is 30.6 Å². The van der Waals surface area contributed by atoms with Gasteiger partial charge in [-0.1, -0.05) is 0 Å². The molecule has 3 heterocycles. The number of aromatic nitrogens is 2. The van der Waals surface area contributed by atoms with Crippen molar-refractivity contribution >= 4 is 17.5 Å². The van der Waals surface area contributed by atoms with Gasteiger partial charge in [0.05, 0.1) is 17.2 Å². The molecule has 0 saturated carbocycles. The fourth-order valence-corrected chi connectivity index (χ4v) is 4.13. The topological polar surface area (TPSA) is 62.5 Å². The first-order valence-electron chi connectivity index (χ1n) is 10.6. The highest BCUT2D eigenvalue weighted by Crippen LogP contribution is 2.37. The van der Waals surface area contributed by atoms with E-state index in [1.54, 1.807) is 11.0 Å². The fourth-order valence-electron chi connectivity index (χ4n) is 4.13. The van der Waals surface area contributed by atoms with Crippen LogP contribution in [0.15, 0.2) is 24.3 Å². The Bertz CT molecular complexity index is 1000. The van der Waals surface area contributed by atoms with E-state index in [1.807, 2.05) is 17.9 Å². The SMILES string of the molecule is Cc1cc(N2CCN(C)CC2)nc(N2CCN(c3ccc(C#N)cc3C(F)(F)F)CC2)n1. The number of hydrogen-bond donors (Lipinski definition) is 0. The van der Waals surface area contributed by atoms with Crippen molar-refractivity contribution in [3.8, 4) is 6.07 Å². The van der Waals surface area contributed by atoms with Gasteiger partial charge in [0.2, 0.25) is 5.95 Å². The first-order valence-corrected chi connectivity index (χ1v) is 10.6. The molecule has 7 nitrogen and oxygen atoms in total. The molecule has 0 unspecified atom stereocenters. The number of alkyl halides is 3. The zero-order valence-electron chi connectivity index (χ0n) is 18.2. The van der Waals surface area contributed by atoms with Crippen molar-refractivity contribution in [1.82, 2.24) is 14.9 Å². The van der Waals surface area contributed by atoms with Crippen LogP contribution in [0.3, 0.4) is 0 Å². The second-order valence-corrected chi connectivity index (χ2v) is 8.27. The first kappa shape index (κ1) is 22.1. The molecule has 0 spiro atoms. The predicted octanol–water partition coefficient (Wildman–Crippen LogP) is 2.75. The van der Waals surface area contributed by atoms with Gasteiger partial charge in [0.25, 0.3) is 0 Å². The Kier molecular flexibility index (Phi) is 6.11. The van der Waals surface area contributed by atoms with Crippen molar-refractivity contribution in [1.29, 1.82) is 5.26 Å². The van der Waals surface area contributed by atoms with Gasteiger partial charge in [-0.05, 0) is 32.2 Å². The number of nitrogens with zero attached hydrogens (tertiary/aromatic N) is 7. The summed E-state index contributed by atoms with van der Waals surface area (Å²) >= 11 is 0. The minimum atomic E-state index is -4.52. The summed E-state index contributed by atoms with van der Waals surface area (Å²) in [6.45, 7) is 7.55. The van der Waals surface area contributed by atoms with Crippen LogP contribution in [0.2, 0.25) is 0 Å². The van der Waals surface area contributed by atoms with E-state index in [9.17, 15) is 13.2 Å². The maximum absolute atomic E-state index is 13.6. The van der Waals surface area contributed by atoms with E-state index in [-0.39, 0.29) is 11.3 Å². The van der Waals surface area contributed by atoms with Crippen molar-refractivity contribution in [2.75, 3.05) is 74.1 Å². The first-order chi connectivity index (χ1) is 15.2. The van der Waals surface area contributed by atoms with Gasteiger partial charge < -0.3 is 19.6 Å². The second kappa shape index (κ2) is 8.82. The fraction of sp³-hybridized carbons (Fsp3) is 0.500. The summed E-state index contributed by atoms with van der Waals surface area (Å²) in [4.78, 5) is 17.6. The number of likely N-dealkylation sites (N-methyl/N-ethyl adjacent to an activating group) is 1. The number of hydrogen-bond acceptors (Lipinski definition) is 7. The third kappa shape index (κ3) is 4.72. The van der Waals surface area contributed by atoms with Gasteiger partial charge in [-0.25, -0.2) is 4.98 Å². The summed E-state index contributed by atoms with van der Waals surface area (Å²) < 4.78 is 40.7. The lowest BCUT2D eigenvalue weighted by Gasteiger charge is -2.38. The Morgan fingerprint density at radius 3 is 2.12 bits per heavy atom. The van der Waals surface area contributed by atoms with Crippen LogP contribution in [0.5, 0.6) is 0 Å². The summed E-state index contributed by atoms with van der Waals surface area (Å²) in [5.41, 5.74) is 0.218. The molecular weight excluding hydrogens is 419 g/mol. The molecule has 2 aliphatic rings. The van der Waals surface area contributed by atoms with Crippen molar-refractivity contribution in [2.24, 2.45) is 0 Å². The number of anilines is 3. The van der Waals surface area contributed by atoms with E-state index < -0.39 is 11.7 Å². The zero-order chi connectivity index (χ0) is 22.9. The molecule has 0 atom stereocenters. The monoisotopic (exact) mass is 445 g/mol. The van der Waals surface area contributed by atoms with E-state index in [4.69, 9.17) is 10.2 Å². The summed E-state index contributed by atoms with van der Waals surface area (Å²) in [7, 11) is 2.10. The molecule has 170 valence electrons. The Morgan fingerprint density at radius 1 is 0.875 bits per heavy atom. The molecule has 1 aromatic carbocycles. The molecule has 0 N–H and O–H groups in total. The van der Waals surface area contributed by atoms with Crippen molar-refractivity contribution < 1.29 is 13.2 Å². The summed E-state index contributed by atoms with van der Waals surface area (Å²) in [5, 5.41) is 8.98. The molecule has 2 aliphatic heterocycles. The number of piperazine rings is 2. The third-order valence-corrected chi connectivity index (χ3v) is 5.99. The van der Waals surface area contributed by atoms with Crippen LogP contribution in [-0.2, 0) is 6.18 Å². The molecule has 0 aliphatic carbocycles. The van der Waals surface area contributed by atoms with Gasteiger partial charge >= 0.3 is 6.18 Å². The maximum atomic E-state index is 13.6. The average Bonchev–Trinajstić information content (AvgIpc) is 2.78. The van der Waals surface area contributed by atoms with Crippen LogP contribution in [-0.4, -0.2) is 74.3 Å². The lowest BCUT2D eigenvalue weighted by atomic mass is 10.1. The maximum Gasteiger partial charge on any atom is 0.418 e. The van der Waals surface area contributed by atoms with Gasteiger partial charge in [0, 0.05) is 69.8 Å². The van der Waals surface area contributed by atoms with Crippen LogP contribution in [0.25, 0.3) is 0 Å². The van der Waals surface area contributed by atoms with E-state index in [0.29, 0.717) is 32.1 Å². The van der Waals surface area contributed by atoms with E-state index in [2.05, 4.69) is 21.8 Å². The zero-order valence-corrected chi connectivity index (χ0v) is 18.2. The molecule has 10 heteroatoms. The number of halogens is 3. The molecule has 1 aromatic heterocycles. The lowest BCUT2D eigenvalue weighted by Crippen LogP contribution is -2.48. The molecule has 0 bridgehead atoms. The lowest BCUT2D eigenvalue weighted by molar-refractivity contribution is -0.137. The average molecular weight is 445 g/mol. The highest BCUT2D eigenvalue weighted by atomic mass is 19.4. The minimum Gasteiger partial charge on any atom is -0.367 e. The number of benzene rings is 1. The Balaban J connectivity index is 1.50. The molecule has 32 heavy (non-hydrogen) atoms. The van der Waals surface area contributed by atoms with Crippen molar-refractivity contribution in [3.63, 3.8) is 0 Å². The second-order valence-electron chi connectivity index (χ2n) is 8.27. The summed E-state index contributed by atoms with van der Waals surface area (Å²) in [6.07, 6.45) is -4.52. The van der Waals surface area contributed by atoms with Crippen molar-refractivity contribution in [3.05, 3.63) is 41.1 Å². The molecule has 4 rings (SSSR count). The third-order valence-electron chi connectivity index (χ3n) is 5.99. The van der Waals surface area contributed by atoms with Gasteiger partial charge in [0.15, 0.2) is 0 Å². The number of rotatable bonds is 3. The highest BCUT2D eigenvalue weighted by molar-refractivity contribution is 5.59. The Hall–Kier alpha value is -3.06. The van der Waals surface area contributed by atoms with Gasteiger partial charge in [-0.15, -0.1) is 0 Å². The quantitative estimate of drug-likeness (QED) is 0.720. The van der Waals surface area contributed by atoms with Crippen LogP contribution in [0, 0.1) is 18.3 Å². The smallest absolute Gasteiger partial charge is 0.367 e.